The van der Waals surface area contributed by atoms with Gasteiger partial charge < -0.3 is 24.6 Å². The minimum atomic E-state index is -4.83. The van der Waals surface area contributed by atoms with Gasteiger partial charge in [-0.2, -0.15) is 0 Å². The molecule has 0 spiro atoms. The van der Waals surface area contributed by atoms with Crippen LogP contribution >= 0.6 is 7.82 Å². The lowest BCUT2D eigenvalue weighted by atomic mass is 10.2. The van der Waals surface area contributed by atoms with Crippen molar-refractivity contribution in [2.24, 2.45) is 0 Å². The molecule has 3 N–H and O–H groups in total. The Morgan fingerprint density at radius 1 is 0.889 bits per heavy atom. The van der Waals surface area contributed by atoms with Gasteiger partial charge in [-0.1, -0.05) is 13.2 Å². The Bertz CT molecular complexity index is 550. The van der Waals surface area contributed by atoms with Crippen LogP contribution in [-0.2, 0) is 32.7 Å². The van der Waals surface area contributed by atoms with Gasteiger partial charge >= 0.3 is 19.8 Å². The summed E-state index contributed by atoms with van der Waals surface area (Å²) in [6, 6.07) is 0. The van der Waals surface area contributed by atoms with Crippen LogP contribution in [0.2, 0.25) is 0 Å². The molecule has 0 aromatic carbocycles. The van der Waals surface area contributed by atoms with E-state index in [0.29, 0.717) is 0 Å². The standard InChI is InChI=1S/C16H27O10P/c1-9(2)15(19)23-7-13(11(5)17)25-27(21,22)26-14(12(6)18)8-24-16(20)10(3)4/h11-14,17-18H,1,3,7-8H2,2,4-6H3,(H,21,22). The first-order valence-electron chi connectivity index (χ1n) is 7.97. The summed E-state index contributed by atoms with van der Waals surface area (Å²) in [4.78, 5) is 32.7. The van der Waals surface area contributed by atoms with Gasteiger partial charge in [0.25, 0.3) is 0 Å². The number of rotatable bonds is 12. The van der Waals surface area contributed by atoms with Gasteiger partial charge in [-0.05, 0) is 27.7 Å². The van der Waals surface area contributed by atoms with Crippen LogP contribution in [0.1, 0.15) is 27.7 Å². The summed E-state index contributed by atoms with van der Waals surface area (Å²) in [6.45, 7) is 11.0. The predicted molar refractivity (Wildman–Crippen MR) is 94.5 cm³/mol. The van der Waals surface area contributed by atoms with E-state index in [1.54, 1.807) is 0 Å². The smallest absolute Gasteiger partial charge is 0.459 e. The van der Waals surface area contributed by atoms with Crippen molar-refractivity contribution in [1.29, 1.82) is 0 Å². The van der Waals surface area contributed by atoms with Gasteiger partial charge in [0.15, 0.2) is 0 Å². The summed E-state index contributed by atoms with van der Waals surface area (Å²) in [5.41, 5.74) is 0.188. The lowest BCUT2D eigenvalue weighted by molar-refractivity contribution is -0.145. The van der Waals surface area contributed by atoms with E-state index in [4.69, 9.17) is 18.5 Å². The molecule has 0 heterocycles. The molecule has 0 saturated carbocycles. The first kappa shape index (κ1) is 25.4. The molecule has 4 atom stereocenters. The maximum atomic E-state index is 12.2. The average molecular weight is 410 g/mol. The number of aliphatic hydroxyl groups excluding tert-OH is 2. The molecule has 0 aromatic rings. The Hall–Kier alpha value is -1.55. The maximum Gasteiger partial charge on any atom is 0.473 e. The molecule has 0 radical (unpaired) electrons. The first-order chi connectivity index (χ1) is 12.3. The van der Waals surface area contributed by atoms with E-state index in [-0.39, 0.29) is 11.1 Å². The zero-order valence-electron chi connectivity index (χ0n) is 15.8. The molecule has 0 aliphatic rings. The molecule has 156 valence electrons. The second-order valence-electron chi connectivity index (χ2n) is 6.00. The minimum absolute atomic E-state index is 0.0938. The number of carbonyl (C=O) groups excluding carboxylic acids is 2. The quantitative estimate of drug-likeness (QED) is 0.240. The van der Waals surface area contributed by atoms with E-state index in [2.05, 4.69) is 13.2 Å². The molecule has 0 amide bonds. The van der Waals surface area contributed by atoms with Gasteiger partial charge in [0, 0.05) is 11.1 Å². The van der Waals surface area contributed by atoms with Crippen LogP contribution < -0.4 is 0 Å². The maximum absolute atomic E-state index is 12.2. The van der Waals surface area contributed by atoms with E-state index >= 15 is 0 Å². The van der Waals surface area contributed by atoms with Crippen molar-refractivity contribution in [3.8, 4) is 0 Å². The Morgan fingerprint density at radius 3 is 1.41 bits per heavy atom. The summed E-state index contributed by atoms with van der Waals surface area (Å²) >= 11 is 0. The highest BCUT2D eigenvalue weighted by Crippen LogP contribution is 2.46. The molecule has 0 saturated heterocycles. The zero-order chi connectivity index (χ0) is 21.4. The van der Waals surface area contributed by atoms with Crippen LogP contribution in [0.5, 0.6) is 0 Å². The third-order valence-corrected chi connectivity index (χ3v) is 4.14. The third kappa shape index (κ3) is 10.4. The second kappa shape index (κ2) is 11.3. The fourth-order valence-electron chi connectivity index (χ4n) is 1.44. The number of ether oxygens (including phenoxy) is 2. The van der Waals surface area contributed by atoms with Crippen LogP contribution in [0.4, 0.5) is 0 Å². The fraction of sp³-hybridized carbons (Fsp3) is 0.625. The SMILES string of the molecule is C=C(C)C(=O)OCC(OP(=O)(O)OC(COC(=O)C(=C)C)C(C)O)C(C)O. The molecule has 0 bridgehead atoms. The van der Waals surface area contributed by atoms with Gasteiger partial charge in [-0.3, -0.25) is 9.05 Å². The molecule has 0 fully saturated rings. The van der Waals surface area contributed by atoms with E-state index in [0.717, 1.165) is 0 Å². The van der Waals surface area contributed by atoms with Crippen molar-refractivity contribution in [1.82, 2.24) is 0 Å². The van der Waals surface area contributed by atoms with Crippen LogP contribution in [0.25, 0.3) is 0 Å². The Balaban J connectivity index is 4.96. The molecule has 0 rings (SSSR count). The number of phosphoric acid groups is 1. The highest BCUT2D eigenvalue weighted by atomic mass is 31.2. The van der Waals surface area contributed by atoms with Crippen LogP contribution in [0, 0.1) is 0 Å². The van der Waals surface area contributed by atoms with Crippen molar-refractivity contribution < 1.29 is 47.8 Å². The summed E-state index contributed by atoms with van der Waals surface area (Å²) in [7, 11) is -4.83. The number of carbonyl (C=O) groups is 2. The highest BCUT2D eigenvalue weighted by molar-refractivity contribution is 7.47. The number of hydrogen-bond acceptors (Lipinski definition) is 9. The first-order valence-corrected chi connectivity index (χ1v) is 9.47. The fourth-order valence-corrected chi connectivity index (χ4v) is 2.65. The van der Waals surface area contributed by atoms with Gasteiger partial charge in [0.1, 0.15) is 25.4 Å². The van der Waals surface area contributed by atoms with Gasteiger partial charge in [0.05, 0.1) is 12.2 Å². The van der Waals surface area contributed by atoms with Crippen molar-refractivity contribution >= 4 is 19.8 Å². The van der Waals surface area contributed by atoms with Crippen LogP contribution in [0.3, 0.4) is 0 Å². The van der Waals surface area contributed by atoms with Gasteiger partial charge in [-0.25, -0.2) is 14.2 Å². The molecule has 0 aliphatic heterocycles. The zero-order valence-corrected chi connectivity index (χ0v) is 16.7. The highest BCUT2D eigenvalue weighted by Gasteiger charge is 2.35. The number of phosphoric ester groups is 1. The molecule has 0 aromatic heterocycles. The third-order valence-electron chi connectivity index (χ3n) is 3.07. The molecular formula is C16H27O10P. The van der Waals surface area contributed by atoms with E-state index in [1.807, 2.05) is 0 Å². The number of esters is 2. The lowest BCUT2D eigenvalue weighted by Gasteiger charge is -2.26. The summed E-state index contributed by atoms with van der Waals surface area (Å²) in [6.07, 6.45) is -5.37. The lowest BCUT2D eigenvalue weighted by Crippen LogP contribution is -2.35. The topological polar surface area (TPSA) is 149 Å². The average Bonchev–Trinajstić information content (AvgIpc) is 2.53. The summed E-state index contributed by atoms with van der Waals surface area (Å²) < 4.78 is 31.4. The molecule has 27 heavy (non-hydrogen) atoms. The van der Waals surface area contributed by atoms with E-state index < -0.39 is 57.4 Å². The van der Waals surface area contributed by atoms with Crippen molar-refractivity contribution in [3.05, 3.63) is 24.3 Å². The Labute approximate surface area is 158 Å². The normalized spacial score (nSPS) is 17.7. The molecule has 11 heteroatoms. The number of hydrogen-bond donors (Lipinski definition) is 3. The number of aliphatic hydroxyl groups is 2. The summed E-state index contributed by atoms with van der Waals surface area (Å²) in [5, 5.41) is 19.3. The van der Waals surface area contributed by atoms with Crippen molar-refractivity contribution in [2.45, 2.75) is 52.1 Å². The van der Waals surface area contributed by atoms with Gasteiger partial charge in [0.2, 0.25) is 0 Å². The predicted octanol–water partition coefficient (Wildman–Crippen LogP) is 0.857. The van der Waals surface area contributed by atoms with Crippen molar-refractivity contribution in [2.75, 3.05) is 13.2 Å². The Morgan fingerprint density at radius 2 is 1.19 bits per heavy atom. The van der Waals surface area contributed by atoms with Gasteiger partial charge in [-0.15, -0.1) is 0 Å². The molecular weight excluding hydrogens is 383 g/mol. The van der Waals surface area contributed by atoms with Crippen LogP contribution in [-0.4, -0.2) is 64.7 Å². The Kier molecular flexibility index (Phi) is 10.7. The summed E-state index contributed by atoms with van der Waals surface area (Å²) in [5.74, 6) is -1.54. The molecule has 10 nitrogen and oxygen atoms in total. The van der Waals surface area contributed by atoms with E-state index in [1.165, 1.54) is 27.7 Å². The molecule has 4 unspecified atom stereocenters. The second-order valence-corrected chi connectivity index (χ2v) is 7.35. The van der Waals surface area contributed by atoms with Crippen LogP contribution in [0.15, 0.2) is 24.3 Å². The van der Waals surface area contributed by atoms with Crippen molar-refractivity contribution in [3.63, 3.8) is 0 Å². The molecule has 0 aliphatic carbocycles. The van der Waals surface area contributed by atoms with E-state index in [9.17, 15) is 29.3 Å². The monoisotopic (exact) mass is 410 g/mol. The largest absolute Gasteiger partial charge is 0.473 e. The minimum Gasteiger partial charge on any atom is -0.459 e.